The minimum atomic E-state index is -0.758. The molecule has 2 aromatic rings. The molecule has 0 aliphatic heterocycles. The predicted octanol–water partition coefficient (Wildman–Crippen LogP) is 3.33. The van der Waals surface area contributed by atoms with E-state index in [2.05, 4.69) is 6.07 Å². The van der Waals surface area contributed by atoms with E-state index >= 15 is 0 Å². The summed E-state index contributed by atoms with van der Waals surface area (Å²) in [6, 6.07) is 17.9. The summed E-state index contributed by atoms with van der Waals surface area (Å²) >= 11 is 0. The van der Waals surface area contributed by atoms with Crippen molar-refractivity contribution >= 4 is 5.91 Å². The molecule has 114 valence electrons. The molecule has 0 spiro atoms. The van der Waals surface area contributed by atoms with E-state index in [1.54, 1.807) is 0 Å². The van der Waals surface area contributed by atoms with Gasteiger partial charge < -0.3 is 10.5 Å². The molecule has 1 amide bonds. The zero-order valence-corrected chi connectivity index (χ0v) is 12.8. The maximum atomic E-state index is 12.5. The summed E-state index contributed by atoms with van der Waals surface area (Å²) < 4.78 is 5.87. The van der Waals surface area contributed by atoms with Gasteiger partial charge in [-0.3, -0.25) is 4.79 Å². The van der Waals surface area contributed by atoms with Crippen LogP contribution in [0.4, 0.5) is 0 Å². The number of carbonyl (C=O) groups is 1. The quantitative estimate of drug-likeness (QED) is 0.940. The van der Waals surface area contributed by atoms with E-state index in [0.717, 1.165) is 23.1 Å². The Morgan fingerprint density at radius 2 is 1.86 bits per heavy atom. The first-order chi connectivity index (χ1) is 10.7. The summed E-state index contributed by atoms with van der Waals surface area (Å²) in [7, 11) is 0. The van der Waals surface area contributed by atoms with E-state index in [1.165, 1.54) is 0 Å². The molecule has 1 unspecified atom stereocenters. The standard InChI is InChI=1S/C19H21NO2/c1-2-22-17-12-13-19(18(20)21,14-8-4-3-5-9-14)16-11-7-6-10-15(16)17/h3-11,17H,2,12-13H2,1H3,(H2,20,21)/t17-,19?/m1/s1. The maximum Gasteiger partial charge on any atom is 0.232 e. The molecule has 3 nitrogen and oxygen atoms in total. The number of amides is 1. The third-order valence-corrected chi connectivity index (χ3v) is 4.60. The first kappa shape index (κ1) is 14.8. The zero-order chi connectivity index (χ0) is 15.6. The Kier molecular flexibility index (Phi) is 3.99. The average molecular weight is 295 g/mol. The van der Waals surface area contributed by atoms with E-state index in [-0.39, 0.29) is 12.0 Å². The van der Waals surface area contributed by atoms with Crippen molar-refractivity contribution in [3.05, 3.63) is 71.3 Å². The molecule has 2 aromatic carbocycles. The van der Waals surface area contributed by atoms with Crippen LogP contribution in [-0.2, 0) is 14.9 Å². The summed E-state index contributed by atoms with van der Waals surface area (Å²) in [5, 5.41) is 0. The first-order valence-corrected chi connectivity index (χ1v) is 7.76. The molecule has 0 aromatic heterocycles. The van der Waals surface area contributed by atoms with Gasteiger partial charge >= 0.3 is 0 Å². The van der Waals surface area contributed by atoms with Gasteiger partial charge in [0.15, 0.2) is 0 Å². The molecule has 22 heavy (non-hydrogen) atoms. The van der Waals surface area contributed by atoms with Gasteiger partial charge in [-0.2, -0.15) is 0 Å². The number of primary amides is 1. The van der Waals surface area contributed by atoms with Gasteiger partial charge in [-0.25, -0.2) is 0 Å². The van der Waals surface area contributed by atoms with Crippen molar-refractivity contribution < 1.29 is 9.53 Å². The van der Waals surface area contributed by atoms with Gasteiger partial charge in [-0.15, -0.1) is 0 Å². The fourth-order valence-corrected chi connectivity index (χ4v) is 3.60. The van der Waals surface area contributed by atoms with Crippen molar-refractivity contribution in [3.63, 3.8) is 0 Å². The molecule has 0 radical (unpaired) electrons. The molecule has 0 saturated carbocycles. The molecule has 2 N–H and O–H groups in total. The molecule has 1 aliphatic carbocycles. The number of carbonyl (C=O) groups excluding carboxylic acids is 1. The number of hydrogen-bond acceptors (Lipinski definition) is 2. The van der Waals surface area contributed by atoms with Crippen molar-refractivity contribution in [2.45, 2.75) is 31.3 Å². The van der Waals surface area contributed by atoms with E-state index in [0.29, 0.717) is 13.0 Å². The van der Waals surface area contributed by atoms with E-state index in [4.69, 9.17) is 10.5 Å². The van der Waals surface area contributed by atoms with Gasteiger partial charge in [-0.05, 0) is 36.5 Å². The lowest BCUT2D eigenvalue weighted by molar-refractivity contribution is -0.123. The van der Waals surface area contributed by atoms with Crippen LogP contribution in [0.3, 0.4) is 0 Å². The molecule has 1 aliphatic rings. The van der Waals surface area contributed by atoms with Crippen LogP contribution in [0.5, 0.6) is 0 Å². The van der Waals surface area contributed by atoms with Crippen molar-refractivity contribution in [2.24, 2.45) is 5.73 Å². The summed E-state index contributed by atoms with van der Waals surface area (Å²) in [6.07, 6.45) is 1.51. The van der Waals surface area contributed by atoms with Crippen molar-refractivity contribution in [2.75, 3.05) is 6.61 Å². The summed E-state index contributed by atoms with van der Waals surface area (Å²) in [5.41, 5.74) is 8.16. The Morgan fingerprint density at radius 1 is 1.18 bits per heavy atom. The van der Waals surface area contributed by atoms with Crippen LogP contribution in [0.15, 0.2) is 54.6 Å². The van der Waals surface area contributed by atoms with Crippen LogP contribution in [0.2, 0.25) is 0 Å². The summed E-state index contributed by atoms with van der Waals surface area (Å²) in [5.74, 6) is -0.291. The van der Waals surface area contributed by atoms with Gasteiger partial charge in [0.05, 0.1) is 11.5 Å². The Morgan fingerprint density at radius 3 is 2.55 bits per heavy atom. The average Bonchev–Trinajstić information content (AvgIpc) is 2.56. The number of fused-ring (bicyclic) bond motifs is 1. The lowest BCUT2D eigenvalue weighted by atomic mass is 9.65. The second kappa shape index (κ2) is 5.93. The fourth-order valence-electron chi connectivity index (χ4n) is 3.60. The van der Waals surface area contributed by atoms with Crippen LogP contribution in [-0.4, -0.2) is 12.5 Å². The van der Waals surface area contributed by atoms with Crippen molar-refractivity contribution in [1.82, 2.24) is 0 Å². The van der Waals surface area contributed by atoms with E-state index in [1.807, 2.05) is 55.5 Å². The molecule has 3 rings (SSSR count). The zero-order valence-electron chi connectivity index (χ0n) is 12.8. The molecule has 0 saturated heterocycles. The third kappa shape index (κ3) is 2.22. The SMILES string of the molecule is CCO[C@@H]1CCC(C(N)=O)(c2ccccc2)c2ccccc21. The highest BCUT2D eigenvalue weighted by atomic mass is 16.5. The number of rotatable bonds is 4. The van der Waals surface area contributed by atoms with Crippen LogP contribution >= 0.6 is 0 Å². The van der Waals surface area contributed by atoms with E-state index < -0.39 is 5.41 Å². The third-order valence-electron chi connectivity index (χ3n) is 4.60. The Bertz CT molecular complexity index is 668. The molecule has 0 heterocycles. The van der Waals surface area contributed by atoms with Gasteiger partial charge in [0, 0.05) is 6.61 Å². The van der Waals surface area contributed by atoms with Gasteiger partial charge in [0.2, 0.25) is 5.91 Å². The minimum Gasteiger partial charge on any atom is -0.374 e. The number of hydrogen-bond donors (Lipinski definition) is 1. The second-order valence-corrected chi connectivity index (χ2v) is 5.71. The van der Waals surface area contributed by atoms with E-state index in [9.17, 15) is 4.79 Å². The largest absolute Gasteiger partial charge is 0.374 e. The fraction of sp³-hybridized carbons (Fsp3) is 0.316. The number of nitrogens with two attached hydrogens (primary N) is 1. The monoisotopic (exact) mass is 295 g/mol. The highest BCUT2D eigenvalue weighted by Gasteiger charge is 2.45. The molecular weight excluding hydrogens is 274 g/mol. The maximum absolute atomic E-state index is 12.5. The van der Waals surface area contributed by atoms with Gasteiger partial charge in [-0.1, -0.05) is 54.6 Å². The van der Waals surface area contributed by atoms with Crippen LogP contribution in [0, 0.1) is 0 Å². The van der Waals surface area contributed by atoms with Crippen molar-refractivity contribution in [1.29, 1.82) is 0 Å². The molecule has 0 fully saturated rings. The number of ether oxygens (including phenoxy) is 1. The lowest BCUT2D eigenvalue weighted by Crippen LogP contribution is -2.45. The number of benzene rings is 2. The summed E-state index contributed by atoms with van der Waals surface area (Å²) in [6.45, 7) is 2.66. The molecule has 0 bridgehead atoms. The predicted molar refractivity (Wildman–Crippen MR) is 86.5 cm³/mol. The molecule has 2 atom stereocenters. The highest BCUT2D eigenvalue weighted by molar-refractivity contribution is 5.91. The van der Waals surface area contributed by atoms with Gasteiger partial charge in [0.25, 0.3) is 0 Å². The Hall–Kier alpha value is -2.13. The molecule has 3 heteroatoms. The minimum absolute atomic E-state index is 0.0392. The van der Waals surface area contributed by atoms with Crippen molar-refractivity contribution in [3.8, 4) is 0 Å². The topological polar surface area (TPSA) is 52.3 Å². The Balaban J connectivity index is 2.20. The van der Waals surface area contributed by atoms with Crippen LogP contribution in [0.25, 0.3) is 0 Å². The first-order valence-electron chi connectivity index (χ1n) is 7.76. The normalized spacial score (nSPS) is 23.8. The smallest absolute Gasteiger partial charge is 0.232 e. The summed E-state index contributed by atoms with van der Waals surface area (Å²) in [4.78, 5) is 12.5. The highest BCUT2D eigenvalue weighted by Crippen LogP contribution is 2.47. The van der Waals surface area contributed by atoms with Crippen LogP contribution in [0.1, 0.15) is 42.6 Å². The second-order valence-electron chi connectivity index (χ2n) is 5.71. The molecular formula is C19H21NO2. The van der Waals surface area contributed by atoms with Gasteiger partial charge in [0.1, 0.15) is 0 Å². The lowest BCUT2D eigenvalue weighted by Gasteiger charge is -2.40. The Labute approximate surface area is 131 Å². The van der Waals surface area contributed by atoms with Crippen LogP contribution < -0.4 is 5.73 Å².